The fourth-order valence-corrected chi connectivity index (χ4v) is 4.73. The first kappa shape index (κ1) is 20.2. The molecule has 7 heteroatoms. The molecule has 5 rings (SSSR count). The summed E-state index contributed by atoms with van der Waals surface area (Å²) in [6.45, 7) is 2.15. The van der Waals surface area contributed by atoms with E-state index >= 15 is 0 Å². The number of hydrogen-bond donors (Lipinski definition) is 1. The molecule has 1 aliphatic rings. The van der Waals surface area contributed by atoms with E-state index in [1.807, 2.05) is 36.4 Å². The van der Waals surface area contributed by atoms with Crippen LogP contribution in [0.5, 0.6) is 5.75 Å². The molecule has 0 bridgehead atoms. The van der Waals surface area contributed by atoms with E-state index in [0.717, 1.165) is 21.6 Å². The van der Waals surface area contributed by atoms with Crippen molar-refractivity contribution >= 4 is 28.6 Å². The van der Waals surface area contributed by atoms with Gasteiger partial charge in [-0.2, -0.15) is 0 Å². The first-order chi connectivity index (χ1) is 15.6. The summed E-state index contributed by atoms with van der Waals surface area (Å²) in [6, 6.07) is 22.1. The Labute approximate surface area is 188 Å². The highest BCUT2D eigenvalue weighted by Gasteiger charge is 2.20. The number of nitrogens with zero attached hydrogens (tertiary/aromatic N) is 2. The molecule has 5 nitrogen and oxygen atoms in total. The van der Waals surface area contributed by atoms with Gasteiger partial charge in [-0.3, -0.25) is 4.79 Å². The second-order valence-corrected chi connectivity index (χ2v) is 8.33. The Morgan fingerprint density at radius 3 is 2.66 bits per heavy atom. The molecule has 1 aliphatic heterocycles. The standard InChI is InChI=1S/C25H20FN3O2S/c1-16(17-5-3-2-4-6-17)29-22(15-32-25(29)27-20-10-8-19(26)9-11-20)18-7-12-23-21(13-18)28-24(30)14-31-23/h2-13,15-16H,14H2,1H3,(H,28,30). The molecular weight excluding hydrogens is 425 g/mol. The lowest BCUT2D eigenvalue weighted by Gasteiger charge is -2.21. The van der Waals surface area contributed by atoms with Crippen LogP contribution in [0.4, 0.5) is 15.8 Å². The third-order valence-electron chi connectivity index (χ3n) is 5.37. The Morgan fingerprint density at radius 2 is 1.88 bits per heavy atom. The molecule has 0 saturated heterocycles. The molecule has 2 heterocycles. The number of anilines is 1. The fraction of sp³-hybridized carbons (Fsp3) is 0.120. The van der Waals surface area contributed by atoms with Gasteiger partial charge < -0.3 is 14.6 Å². The van der Waals surface area contributed by atoms with Crippen molar-refractivity contribution in [3.63, 3.8) is 0 Å². The highest BCUT2D eigenvalue weighted by molar-refractivity contribution is 7.07. The van der Waals surface area contributed by atoms with Gasteiger partial charge in [-0.25, -0.2) is 9.38 Å². The van der Waals surface area contributed by atoms with Gasteiger partial charge in [0.25, 0.3) is 5.91 Å². The van der Waals surface area contributed by atoms with Crippen molar-refractivity contribution in [1.82, 2.24) is 4.57 Å². The minimum absolute atomic E-state index is 0.00137. The lowest BCUT2D eigenvalue weighted by molar-refractivity contribution is -0.118. The van der Waals surface area contributed by atoms with Gasteiger partial charge in [-0.15, -0.1) is 11.3 Å². The number of nitrogens with one attached hydrogen (secondary N) is 1. The Bertz CT molecular complexity index is 1340. The topological polar surface area (TPSA) is 55.6 Å². The first-order valence-corrected chi connectivity index (χ1v) is 11.1. The van der Waals surface area contributed by atoms with Crippen molar-refractivity contribution in [3.05, 3.63) is 94.4 Å². The number of carbonyl (C=O) groups is 1. The number of rotatable bonds is 4. The summed E-state index contributed by atoms with van der Waals surface area (Å²) in [6.07, 6.45) is 0. The number of benzene rings is 3. The third kappa shape index (κ3) is 3.94. The van der Waals surface area contributed by atoms with E-state index in [4.69, 9.17) is 9.73 Å². The van der Waals surface area contributed by atoms with Crippen LogP contribution in [0.1, 0.15) is 18.5 Å². The largest absolute Gasteiger partial charge is 0.482 e. The molecule has 1 atom stereocenters. The number of hydrogen-bond acceptors (Lipinski definition) is 4. The third-order valence-corrected chi connectivity index (χ3v) is 6.21. The maximum absolute atomic E-state index is 13.4. The zero-order valence-corrected chi connectivity index (χ0v) is 18.1. The van der Waals surface area contributed by atoms with Gasteiger partial charge in [0.15, 0.2) is 11.4 Å². The smallest absolute Gasteiger partial charge is 0.262 e. The van der Waals surface area contributed by atoms with Crippen molar-refractivity contribution in [2.45, 2.75) is 13.0 Å². The molecule has 0 spiro atoms. The Hall–Kier alpha value is -3.71. The molecule has 1 unspecified atom stereocenters. The number of carbonyl (C=O) groups excluding carboxylic acids is 1. The van der Waals surface area contributed by atoms with Crippen molar-refractivity contribution < 1.29 is 13.9 Å². The van der Waals surface area contributed by atoms with Crippen LogP contribution < -0.4 is 14.9 Å². The van der Waals surface area contributed by atoms with Crippen LogP contribution >= 0.6 is 11.3 Å². The molecule has 1 aromatic heterocycles. The van der Waals surface area contributed by atoms with Gasteiger partial charge in [0.2, 0.25) is 0 Å². The summed E-state index contributed by atoms with van der Waals surface area (Å²) < 4.78 is 21.0. The molecule has 1 N–H and O–H groups in total. The predicted molar refractivity (Wildman–Crippen MR) is 124 cm³/mol. The predicted octanol–water partition coefficient (Wildman–Crippen LogP) is 5.53. The zero-order chi connectivity index (χ0) is 22.1. The number of halogens is 1. The summed E-state index contributed by atoms with van der Waals surface area (Å²) in [5, 5.41) is 4.92. The van der Waals surface area contributed by atoms with E-state index in [9.17, 15) is 9.18 Å². The van der Waals surface area contributed by atoms with Crippen molar-refractivity contribution in [1.29, 1.82) is 0 Å². The first-order valence-electron chi connectivity index (χ1n) is 10.2. The van der Waals surface area contributed by atoms with E-state index in [1.54, 1.807) is 12.1 Å². The van der Waals surface area contributed by atoms with Crippen LogP contribution in [0.15, 0.2) is 83.2 Å². The second kappa shape index (κ2) is 8.43. The van der Waals surface area contributed by atoms with Crippen LogP contribution in [-0.2, 0) is 4.79 Å². The Balaban J connectivity index is 1.66. The molecule has 0 radical (unpaired) electrons. The Kier molecular flexibility index (Phi) is 5.33. The van der Waals surface area contributed by atoms with E-state index < -0.39 is 0 Å². The zero-order valence-electron chi connectivity index (χ0n) is 17.3. The van der Waals surface area contributed by atoms with Crippen LogP contribution in [-0.4, -0.2) is 17.1 Å². The van der Waals surface area contributed by atoms with E-state index in [1.165, 1.54) is 23.5 Å². The molecular formula is C25H20FN3O2S. The highest BCUT2D eigenvalue weighted by atomic mass is 32.1. The summed E-state index contributed by atoms with van der Waals surface area (Å²) in [5.74, 6) is 0.194. The number of ether oxygens (including phenoxy) is 1. The highest BCUT2D eigenvalue weighted by Crippen LogP contribution is 2.34. The number of aromatic nitrogens is 1. The SMILES string of the molecule is CC(c1ccccc1)n1c(-c2ccc3c(c2)NC(=O)CO3)csc1=Nc1ccc(F)cc1. The summed E-state index contributed by atoms with van der Waals surface area (Å²) in [5.41, 5.74) is 4.38. The average molecular weight is 446 g/mol. The minimum atomic E-state index is -0.292. The van der Waals surface area contributed by atoms with Crippen LogP contribution in [0, 0.1) is 5.82 Å². The van der Waals surface area contributed by atoms with Gasteiger partial charge in [-0.1, -0.05) is 30.3 Å². The van der Waals surface area contributed by atoms with Gasteiger partial charge in [-0.05, 0) is 55.0 Å². The number of thiazole rings is 1. The minimum Gasteiger partial charge on any atom is -0.482 e. The molecule has 0 aliphatic carbocycles. The summed E-state index contributed by atoms with van der Waals surface area (Å²) >= 11 is 1.51. The van der Waals surface area contributed by atoms with E-state index in [-0.39, 0.29) is 24.4 Å². The summed E-state index contributed by atoms with van der Waals surface area (Å²) in [4.78, 5) is 17.4. The molecule has 0 saturated carbocycles. The fourth-order valence-electron chi connectivity index (χ4n) is 3.74. The van der Waals surface area contributed by atoms with Gasteiger partial charge in [0, 0.05) is 10.9 Å². The molecule has 160 valence electrons. The van der Waals surface area contributed by atoms with E-state index in [2.05, 4.69) is 34.3 Å². The molecule has 4 aromatic rings. The van der Waals surface area contributed by atoms with Gasteiger partial charge >= 0.3 is 0 Å². The average Bonchev–Trinajstić information content (AvgIpc) is 3.23. The normalized spacial score (nSPS) is 14.4. The van der Waals surface area contributed by atoms with E-state index in [0.29, 0.717) is 17.1 Å². The number of fused-ring (bicyclic) bond motifs is 1. The summed E-state index contributed by atoms with van der Waals surface area (Å²) in [7, 11) is 0. The lowest BCUT2D eigenvalue weighted by atomic mass is 10.1. The quantitative estimate of drug-likeness (QED) is 0.449. The van der Waals surface area contributed by atoms with Crippen molar-refractivity contribution in [2.75, 3.05) is 11.9 Å². The van der Waals surface area contributed by atoms with Crippen LogP contribution in [0.2, 0.25) is 0 Å². The van der Waals surface area contributed by atoms with Crippen LogP contribution in [0.25, 0.3) is 11.3 Å². The molecule has 1 amide bonds. The van der Waals surface area contributed by atoms with Gasteiger partial charge in [0.05, 0.1) is 23.1 Å². The lowest BCUT2D eigenvalue weighted by Crippen LogP contribution is -2.25. The van der Waals surface area contributed by atoms with Gasteiger partial charge in [0.1, 0.15) is 11.6 Å². The molecule has 32 heavy (non-hydrogen) atoms. The Morgan fingerprint density at radius 1 is 1.09 bits per heavy atom. The maximum Gasteiger partial charge on any atom is 0.262 e. The monoisotopic (exact) mass is 445 g/mol. The van der Waals surface area contributed by atoms with Crippen LogP contribution in [0.3, 0.4) is 0 Å². The molecule has 0 fully saturated rings. The maximum atomic E-state index is 13.4. The van der Waals surface area contributed by atoms with Crippen molar-refractivity contribution in [2.24, 2.45) is 4.99 Å². The van der Waals surface area contributed by atoms with Crippen molar-refractivity contribution in [3.8, 4) is 17.0 Å². The number of amides is 1. The second-order valence-electron chi connectivity index (χ2n) is 7.50. The molecule has 3 aromatic carbocycles.